The Hall–Kier alpha value is -1.55. The molecule has 1 aromatic carbocycles. The van der Waals surface area contributed by atoms with Crippen LogP contribution in [0.2, 0.25) is 0 Å². The Morgan fingerprint density at radius 2 is 2.14 bits per heavy atom. The molecule has 0 unspecified atom stereocenters. The molecule has 0 N–H and O–H groups in total. The molecule has 0 bridgehead atoms. The highest BCUT2D eigenvalue weighted by Gasteiger charge is 2.17. The first-order valence-corrected chi connectivity index (χ1v) is 8.33. The van der Waals surface area contributed by atoms with Crippen molar-refractivity contribution in [2.75, 3.05) is 26.3 Å². The number of nitrogens with zero attached hydrogens (tertiary/aromatic N) is 1. The van der Waals surface area contributed by atoms with E-state index in [9.17, 15) is 4.79 Å². The largest absolute Gasteiger partial charge is 0.490 e. The van der Waals surface area contributed by atoms with Crippen LogP contribution in [0.3, 0.4) is 0 Å². The minimum atomic E-state index is 0.559. The standard InChI is InChI=1S/C18H27NO3/c1-3-21-18-13-16(14-20)8-9-17(18)22-12-6-11-19-10-5-4-7-15(19)2/h8-9,13-15H,3-7,10-12H2,1-2H3/t15-/m1/s1. The van der Waals surface area contributed by atoms with Gasteiger partial charge in [-0.1, -0.05) is 6.42 Å². The van der Waals surface area contributed by atoms with E-state index in [1.54, 1.807) is 12.1 Å². The first-order valence-electron chi connectivity index (χ1n) is 8.33. The molecule has 1 aliphatic rings. The zero-order valence-corrected chi connectivity index (χ0v) is 13.7. The minimum absolute atomic E-state index is 0.559. The number of piperidine rings is 1. The van der Waals surface area contributed by atoms with Crippen molar-refractivity contribution in [3.63, 3.8) is 0 Å². The molecule has 22 heavy (non-hydrogen) atoms. The van der Waals surface area contributed by atoms with Gasteiger partial charge in [0.2, 0.25) is 0 Å². The number of rotatable bonds is 8. The number of hydrogen-bond acceptors (Lipinski definition) is 4. The highest BCUT2D eigenvalue weighted by atomic mass is 16.5. The number of carbonyl (C=O) groups is 1. The Morgan fingerprint density at radius 3 is 2.86 bits per heavy atom. The van der Waals surface area contributed by atoms with Gasteiger partial charge < -0.3 is 14.4 Å². The van der Waals surface area contributed by atoms with Gasteiger partial charge in [-0.15, -0.1) is 0 Å². The van der Waals surface area contributed by atoms with Gasteiger partial charge in [-0.2, -0.15) is 0 Å². The summed E-state index contributed by atoms with van der Waals surface area (Å²) < 4.78 is 11.4. The maximum atomic E-state index is 10.8. The van der Waals surface area contributed by atoms with Gasteiger partial charge in [-0.25, -0.2) is 0 Å². The van der Waals surface area contributed by atoms with E-state index in [2.05, 4.69) is 11.8 Å². The maximum Gasteiger partial charge on any atom is 0.161 e. The van der Waals surface area contributed by atoms with Gasteiger partial charge in [0.15, 0.2) is 11.5 Å². The Bertz CT molecular complexity index is 475. The number of benzene rings is 1. The smallest absolute Gasteiger partial charge is 0.161 e. The third kappa shape index (κ3) is 4.73. The SMILES string of the molecule is CCOc1cc(C=O)ccc1OCCCN1CCCC[C@H]1C. The van der Waals surface area contributed by atoms with Crippen molar-refractivity contribution in [1.82, 2.24) is 4.90 Å². The lowest BCUT2D eigenvalue weighted by Gasteiger charge is -2.33. The third-order valence-electron chi connectivity index (χ3n) is 4.19. The minimum Gasteiger partial charge on any atom is -0.490 e. The van der Waals surface area contributed by atoms with Gasteiger partial charge in [-0.05, 0) is 57.9 Å². The van der Waals surface area contributed by atoms with Crippen LogP contribution < -0.4 is 9.47 Å². The van der Waals surface area contributed by atoms with Gasteiger partial charge in [0, 0.05) is 18.2 Å². The monoisotopic (exact) mass is 305 g/mol. The molecule has 0 amide bonds. The topological polar surface area (TPSA) is 38.8 Å². The van der Waals surface area contributed by atoms with E-state index in [-0.39, 0.29) is 0 Å². The molecule has 1 fully saturated rings. The van der Waals surface area contributed by atoms with Crippen molar-refractivity contribution >= 4 is 6.29 Å². The first kappa shape index (κ1) is 16.8. The molecule has 0 aliphatic carbocycles. The molecule has 1 aliphatic heterocycles. The zero-order chi connectivity index (χ0) is 15.8. The molecule has 0 radical (unpaired) electrons. The summed E-state index contributed by atoms with van der Waals surface area (Å²) in [5.41, 5.74) is 0.609. The second kappa shape index (κ2) is 8.79. The van der Waals surface area contributed by atoms with Gasteiger partial charge >= 0.3 is 0 Å². The van der Waals surface area contributed by atoms with Gasteiger partial charge in [-0.3, -0.25) is 4.79 Å². The van der Waals surface area contributed by atoms with Crippen molar-refractivity contribution < 1.29 is 14.3 Å². The summed E-state index contributed by atoms with van der Waals surface area (Å²) in [5, 5.41) is 0. The molecule has 4 nitrogen and oxygen atoms in total. The predicted molar refractivity (Wildman–Crippen MR) is 88.0 cm³/mol. The second-order valence-corrected chi connectivity index (χ2v) is 5.84. The number of likely N-dealkylation sites (tertiary alicyclic amines) is 1. The summed E-state index contributed by atoms with van der Waals surface area (Å²) in [6.07, 6.45) is 5.81. The van der Waals surface area contributed by atoms with Crippen LogP contribution >= 0.6 is 0 Å². The fourth-order valence-electron chi connectivity index (χ4n) is 2.93. The number of hydrogen-bond donors (Lipinski definition) is 0. The number of ether oxygens (including phenoxy) is 2. The fourth-order valence-corrected chi connectivity index (χ4v) is 2.93. The lowest BCUT2D eigenvalue weighted by molar-refractivity contribution is 0.112. The molecule has 1 aromatic rings. The molecule has 0 saturated carbocycles. The molecule has 4 heteroatoms. The van der Waals surface area contributed by atoms with Crippen molar-refractivity contribution in [3.05, 3.63) is 23.8 Å². The lowest BCUT2D eigenvalue weighted by atomic mass is 10.0. The van der Waals surface area contributed by atoms with E-state index in [0.29, 0.717) is 30.6 Å². The highest BCUT2D eigenvalue weighted by molar-refractivity contribution is 5.76. The molecule has 122 valence electrons. The molecular formula is C18H27NO3. The van der Waals surface area contributed by atoms with Crippen LogP contribution in [0.4, 0.5) is 0 Å². The van der Waals surface area contributed by atoms with Crippen LogP contribution in [-0.2, 0) is 0 Å². The maximum absolute atomic E-state index is 10.8. The van der Waals surface area contributed by atoms with Gasteiger partial charge in [0.05, 0.1) is 13.2 Å². The van der Waals surface area contributed by atoms with E-state index in [1.807, 2.05) is 13.0 Å². The molecule has 1 heterocycles. The Balaban J connectivity index is 1.81. The molecule has 0 spiro atoms. The van der Waals surface area contributed by atoms with Crippen molar-refractivity contribution in [2.24, 2.45) is 0 Å². The summed E-state index contributed by atoms with van der Waals surface area (Å²) in [6, 6.07) is 6.01. The molecular weight excluding hydrogens is 278 g/mol. The third-order valence-corrected chi connectivity index (χ3v) is 4.19. The Labute approximate surface area is 133 Å². The van der Waals surface area contributed by atoms with E-state index in [0.717, 1.165) is 25.0 Å². The molecule has 1 atom stereocenters. The normalized spacial score (nSPS) is 18.9. The fraction of sp³-hybridized carbons (Fsp3) is 0.611. The highest BCUT2D eigenvalue weighted by Crippen LogP contribution is 2.28. The first-order chi connectivity index (χ1) is 10.7. The molecule has 0 aromatic heterocycles. The average molecular weight is 305 g/mol. The van der Waals surface area contributed by atoms with Crippen LogP contribution in [0, 0.1) is 0 Å². The summed E-state index contributed by atoms with van der Waals surface area (Å²) in [7, 11) is 0. The zero-order valence-electron chi connectivity index (χ0n) is 13.7. The van der Waals surface area contributed by atoms with E-state index < -0.39 is 0 Å². The summed E-state index contributed by atoms with van der Waals surface area (Å²) in [4.78, 5) is 13.4. The van der Waals surface area contributed by atoms with Crippen LogP contribution in [-0.4, -0.2) is 43.5 Å². The second-order valence-electron chi connectivity index (χ2n) is 5.84. The van der Waals surface area contributed by atoms with Crippen molar-refractivity contribution in [2.45, 2.75) is 45.6 Å². The van der Waals surface area contributed by atoms with Crippen LogP contribution in [0.5, 0.6) is 11.5 Å². The number of carbonyl (C=O) groups excluding carboxylic acids is 1. The lowest BCUT2D eigenvalue weighted by Crippen LogP contribution is -2.38. The predicted octanol–water partition coefficient (Wildman–Crippen LogP) is 3.54. The van der Waals surface area contributed by atoms with Crippen LogP contribution in [0.25, 0.3) is 0 Å². The van der Waals surface area contributed by atoms with Crippen LogP contribution in [0.1, 0.15) is 49.9 Å². The molecule has 2 rings (SSSR count). The molecule has 1 saturated heterocycles. The van der Waals surface area contributed by atoms with Gasteiger partial charge in [0.25, 0.3) is 0 Å². The quantitative estimate of drug-likeness (QED) is 0.544. The van der Waals surface area contributed by atoms with Crippen LogP contribution in [0.15, 0.2) is 18.2 Å². The van der Waals surface area contributed by atoms with Crippen molar-refractivity contribution in [1.29, 1.82) is 0 Å². The average Bonchev–Trinajstić information content (AvgIpc) is 2.54. The summed E-state index contributed by atoms with van der Waals surface area (Å²) in [6.45, 7) is 7.76. The summed E-state index contributed by atoms with van der Waals surface area (Å²) >= 11 is 0. The Morgan fingerprint density at radius 1 is 1.27 bits per heavy atom. The van der Waals surface area contributed by atoms with Crippen molar-refractivity contribution in [3.8, 4) is 11.5 Å². The van der Waals surface area contributed by atoms with E-state index in [4.69, 9.17) is 9.47 Å². The van der Waals surface area contributed by atoms with Gasteiger partial charge in [0.1, 0.15) is 6.29 Å². The van der Waals surface area contributed by atoms with E-state index in [1.165, 1.54) is 25.8 Å². The summed E-state index contributed by atoms with van der Waals surface area (Å²) in [5.74, 6) is 1.37. The Kier molecular flexibility index (Phi) is 6.72. The number of aldehydes is 1. The van der Waals surface area contributed by atoms with E-state index >= 15 is 0 Å².